The van der Waals surface area contributed by atoms with Crippen molar-refractivity contribution in [2.24, 2.45) is 5.92 Å². The summed E-state index contributed by atoms with van der Waals surface area (Å²) in [5.41, 5.74) is 0. The molecule has 4 heteroatoms. The molecule has 0 rings (SSSR count). The minimum atomic E-state index is -0.668. The van der Waals surface area contributed by atoms with Gasteiger partial charge in [-0.3, -0.25) is 9.59 Å². The molecule has 0 aromatic heterocycles. The van der Waals surface area contributed by atoms with Gasteiger partial charge in [0.05, 0.1) is 25.6 Å². The van der Waals surface area contributed by atoms with Gasteiger partial charge in [0.2, 0.25) is 0 Å². The summed E-state index contributed by atoms with van der Waals surface area (Å²) in [6.07, 6.45) is -0.0212. The molecule has 1 atom stereocenters. The Hall–Kier alpha value is -1.06. The standard InChI is InChI=1S/C9H15O4/c1-4-12-8(10)6-7(3)9(11)13-5-2/h7H,3-6H2,1-2H3. The third-order valence-corrected chi connectivity index (χ3v) is 1.34. The summed E-state index contributed by atoms with van der Waals surface area (Å²) in [5, 5.41) is 0. The second kappa shape index (κ2) is 6.46. The Morgan fingerprint density at radius 3 is 2.23 bits per heavy atom. The molecule has 0 heterocycles. The second-order valence-corrected chi connectivity index (χ2v) is 2.46. The lowest BCUT2D eigenvalue weighted by Crippen LogP contribution is -2.19. The number of carbonyl (C=O) groups is 2. The van der Waals surface area contributed by atoms with Crippen molar-refractivity contribution in [2.75, 3.05) is 13.2 Å². The quantitative estimate of drug-likeness (QED) is 0.601. The number of esters is 2. The molecule has 0 aromatic rings. The summed E-state index contributed by atoms with van der Waals surface area (Å²) in [6, 6.07) is 0. The van der Waals surface area contributed by atoms with Crippen molar-refractivity contribution in [3.63, 3.8) is 0 Å². The van der Waals surface area contributed by atoms with Gasteiger partial charge in [0.1, 0.15) is 0 Å². The highest BCUT2D eigenvalue weighted by molar-refractivity contribution is 5.80. The minimum absolute atomic E-state index is 0.0212. The number of carbonyl (C=O) groups excluding carboxylic acids is 2. The monoisotopic (exact) mass is 187 g/mol. The van der Waals surface area contributed by atoms with Crippen LogP contribution >= 0.6 is 0 Å². The highest BCUT2D eigenvalue weighted by Gasteiger charge is 2.18. The van der Waals surface area contributed by atoms with Crippen LogP contribution in [0.5, 0.6) is 0 Å². The summed E-state index contributed by atoms with van der Waals surface area (Å²) in [6.45, 7) is 7.53. The Labute approximate surface area is 78.2 Å². The molecule has 0 amide bonds. The Morgan fingerprint density at radius 1 is 1.23 bits per heavy atom. The molecular weight excluding hydrogens is 172 g/mol. The van der Waals surface area contributed by atoms with Crippen molar-refractivity contribution >= 4 is 11.9 Å². The predicted molar refractivity (Wildman–Crippen MR) is 46.7 cm³/mol. The van der Waals surface area contributed by atoms with Crippen LogP contribution in [-0.4, -0.2) is 25.2 Å². The van der Waals surface area contributed by atoms with Crippen molar-refractivity contribution in [2.45, 2.75) is 20.3 Å². The molecule has 0 saturated carbocycles. The van der Waals surface area contributed by atoms with E-state index in [0.29, 0.717) is 13.2 Å². The van der Waals surface area contributed by atoms with Crippen LogP contribution in [0.25, 0.3) is 0 Å². The average Bonchev–Trinajstić information content (AvgIpc) is 2.05. The lowest BCUT2D eigenvalue weighted by atomic mass is 10.1. The molecular formula is C9H15O4. The van der Waals surface area contributed by atoms with E-state index in [2.05, 4.69) is 16.4 Å². The van der Waals surface area contributed by atoms with Crippen LogP contribution in [0.1, 0.15) is 20.3 Å². The minimum Gasteiger partial charge on any atom is -0.466 e. The lowest BCUT2D eigenvalue weighted by molar-refractivity contribution is -0.153. The van der Waals surface area contributed by atoms with E-state index in [1.807, 2.05) is 0 Å². The smallest absolute Gasteiger partial charge is 0.309 e. The Bertz CT molecular complexity index is 176. The molecule has 0 fully saturated rings. The Kier molecular flexibility index (Phi) is 5.93. The Morgan fingerprint density at radius 2 is 1.77 bits per heavy atom. The van der Waals surface area contributed by atoms with Crippen LogP contribution in [0.2, 0.25) is 0 Å². The van der Waals surface area contributed by atoms with Crippen LogP contribution < -0.4 is 0 Å². The van der Waals surface area contributed by atoms with Crippen molar-refractivity contribution in [1.82, 2.24) is 0 Å². The lowest BCUT2D eigenvalue weighted by Gasteiger charge is -2.08. The molecule has 0 spiro atoms. The van der Waals surface area contributed by atoms with Gasteiger partial charge in [-0.25, -0.2) is 0 Å². The molecule has 0 aliphatic rings. The molecule has 4 nitrogen and oxygen atoms in total. The van der Waals surface area contributed by atoms with Gasteiger partial charge in [0.15, 0.2) is 0 Å². The summed E-state index contributed by atoms with van der Waals surface area (Å²) in [7, 11) is 0. The van der Waals surface area contributed by atoms with Gasteiger partial charge in [-0.2, -0.15) is 0 Å². The van der Waals surface area contributed by atoms with Crippen LogP contribution in [-0.2, 0) is 19.1 Å². The zero-order chi connectivity index (χ0) is 10.3. The maximum atomic E-state index is 11.0. The maximum absolute atomic E-state index is 11.0. The normalized spacial score (nSPS) is 11.9. The van der Waals surface area contributed by atoms with Crippen molar-refractivity contribution < 1.29 is 19.1 Å². The third kappa shape index (κ3) is 5.22. The van der Waals surface area contributed by atoms with Crippen LogP contribution in [0, 0.1) is 12.8 Å². The fraction of sp³-hybridized carbons (Fsp3) is 0.667. The van der Waals surface area contributed by atoms with Crippen LogP contribution in [0.3, 0.4) is 0 Å². The molecule has 1 unspecified atom stereocenters. The predicted octanol–water partition coefficient (Wildman–Crippen LogP) is 0.953. The molecule has 0 aliphatic heterocycles. The molecule has 0 saturated heterocycles. The maximum Gasteiger partial charge on any atom is 0.309 e. The van der Waals surface area contributed by atoms with Gasteiger partial charge in [-0.15, -0.1) is 0 Å². The van der Waals surface area contributed by atoms with Crippen LogP contribution in [0.15, 0.2) is 0 Å². The molecule has 0 N–H and O–H groups in total. The number of rotatable bonds is 5. The fourth-order valence-electron chi connectivity index (χ4n) is 0.765. The fourth-order valence-corrected chi connectivity index (χ4v) is 0.765. The first-order valence-electron chi connectivity index (χ1n) is 4.27. The van der Waals surface area contributed by atoms with Crippen molar-refractivity contribution in [3.05, 3.63) is 6.92 Å². The van der Waals surface area contributed by atoms with E-state index in [1.54, 1.807) is 13.8 Å². The highest BCUT2D eigenvalue weighted by Crippen LogP contribution is 2.05. The molecule has 1 radical (unpaired) electrons. The number of hydrogen-bond acceptors (Lipinski definition) is 4. The van der Waals surface area contributed by atoms with Crippen molar-refractivity contribution in [3.8, 4) is 0 Å². The first-order chi connectivity index (χ1) is 6.11. The van der Waals surface area contributed by atoms with Crippen LogP contribution in [0.4, 0.5) is 0 Å². The Balaban J connectivity index is 3.78. The number of ether oxygens (including phenoxy) is 2. The topological polar surface area (TPSA) is 52.6 Å². The molecule has 0 bridgehead atoms. The average molecular weight is 187 g/mol. The first kappa shape index (κ1) is 11.9. The molecule has 75 valence electrons. The summed E-state index contributed by atoms with van der Waals surface area (Å²) in [4.78, 5) is 21.9. The van der Waals surface area contributed by atoms with Gasteiger partial charge in [-0.1, -0.05) is 0 Å². The van der Waals surface area contributed by atoms with E-state index in [0.717, 1.165) is 0 Å². The largest absolute Gasteiger partial charge is 0.466 e. The summed E-state index contributed by atoms with van der Waals surface area (Å²) < 4.78 is 9.33. The summed E-state index contributed by atoms with van der Waals surface area (Å²) >= 11 is 0. The van der Waals surface area contributed by atoms with E-state index >= 15 is 0 Å². The van der Waals surface area contributed by atoms with Gasteiger partial charge < -0.3 is 9.47 Å². The van der Waals surface area contributed by atoms with E-state index in [9.17, 15) is 9.59 Å². The molecule has 13 heavy (non-hydrogen) atoms. The van der Waals surface area contributed by atoms with Gasteiger partial charge in [0.25, 0.3) is 0 Å². The molecule has 0 aromatic carbocycles. The zero-order valence-electron chi connectivity index (χ0n) is 8.04. The number of hydrogen-bond donors (Lipinski definition) is 0. The zero-order valence-corrected chi connectivity index (χ0v) is 8.04. The third-order valence-electron chi connectivity index (χ3n) is 1.34. The highest BCUT2D eigenvalue weighted by atomic mass is 16.5. The van der Waals surface area contributed by atoms with E-state index in [4.69, 9.17) is 0 Å². The van der Waals surface area contributed by atoms with Gasteiger partial charge in [-0.05, 0) is 20.8 Å². The van der Waals surface area contributed by atoms with E-state index in [1.165, 1.54) is 0 Å². The van der Waals surface area contributed by atoms with Gasteiger partial charge in [0, 0.05) is 0 Å². The van der Waals surface area contributed by atoms with E-state index < -0.39 is 17.9 Å². The van der Waals surface area contributed by atoms with E-state index in [-0.39, 0.29) is 6.42 Å². The van der Waals surface area contributed by atoms with Crippen molar-refractivity contribution in [1.29, 1.82) is 0 Å². The summed E-state index contributed by atoms with van der Waals surface area (Å²) in [5.74, 6) is -1.55. The van der Waals surface area contributed by atoms with Gasteiger partial charge >= 0.3 is 11.9 Å². The molecule has 0 aliphatic carbocycles. The SMILES string of the molecule is [CH2]C(CC(=O)OCC)C(=O)OCC. The second-order valence-electron chi connectivity index (χ2n) is 2.46. The first-order valence-corrected chi connectivity index (χ1v) is 4.27.